The summed E-state index contributed by atoms with van der Waals surface area (Å²) in [6.45, 7) is 0. The van der Waals surface area contributed by atoms with E-state index in [1.807, 2.05) is 12.1 Å². The molecule has 2 rings (SSSR count). The molecule has 2 N–H and O–H groups in total. The largest absolute Gasteiger partial charge is 0.497 e. The highest BCUT2D eigenvalue weighted by molar-refractivity contribution is 7.98. The SMILES string of the molecule is COc1ccc(CSc2cnc(C=CN)nc2)cc1. The highest BCUT2D eigenvalue weighted by atomic mass is 32.2. The minimum atomic E-state index is 0.622. The fourth-order valence-electron chi connectivity index (χ4n) is 1.46. The topological polar surface area (TPSA) is 61.0 Å². The van der Waals surface area contributed by atoms with Crippen LogP contribution >= 0.6 is 11.8 Å². The van der Waals surface area contributed by atoms with E-state index >= 15 is 0 Å². The van der Waals surface area contributed by atoms with Gasteiger partial charge in [-0.05, 0) is 30.0 Å². The minimum absolute atomic E-state index is 0.622. The van der Waals surface area contributed by atoms with Crippen LogP contribution in [0.2, 0.25) is 0 Å². The molecule has 1 aromatic heterocycles. The van der Waals surface area contributed by atoms with Crippen LogP contribution in [0.15, 0.2) is 47.8 Å². The van der Waals surface area contributed by atoms with Crippen molar-refractivity contribution in [3.63, 3.8) is 0 Å². The summed E-state index contributed by atoms with van der Waals surface area (Å²) in [6, 6.07) is 8.03. The Labute approximate surface area is 116 Å². The lowest BCUT2D eigenvalue weighted by molar-refractivity contribution is 0.414. The first-order valence-corrected chi connectivity index (χ1v) is 6.76. The standard InChI is InChI=1S/C14H15N3OS/c1-18-12-4-2-11(3-5-12)10-19-13-8-16-14(6-7-15)17-9-13/h2-9H,10,15H2,1H3. The van der Waals surface area contributed by atoms with E-state index in [1.54, 1.807) is 37.3 Å². The zero-order valence-electron chi connectivity index (χ0n) is 10.6. The summed E-state index contributed by atoms with van der Waals surface area (Å²) in [5, 5.41) is 0. The molecule has 1 aromatic carbocycles. The third-order valence-corrected chi connectivity index (χ3v) is 3.48. The highest BCUT2D eigenvalue weighted by Crippen LogP contribution is 2.22. The molecule has 0 aliphatic heterocycles. The zero-order chi connectivity index (χ0) is 13.5. The molecule has 5 heteroatoms. The molecule has 0 amide bonds. The Morgan fingerprint density at radius 3 is 2.47 bits per heavy atom. The van der Waals surface area contributed by atoms with E-state index < -0.39 is 0 Å². The van der Waals surface area contributed by atoms with Crippen molar-refractivity contribution >= 4 is 17.8 Å². The molecule has 0 radical (unpaired) electrons. The quantitative estimate of drug-likeness (QED) is 0.849. The smallest absolute Gasteiger partial charge is 0.153 e. The molecule has 98 valence electrons. The Kier molecular flexibility index (Phi) is 4.80. The Balaban J connectivity index is 1.93. The number of nitrogens with two attached hydrogens (primary N) is 1. The van der Waals surface area contributed by atoms with Gasteiger partial charge in [-0.15, -0.1) is 11.8 Å². The molecule has 0 spiro atoms. The number of rotatable bonds is 5. The van der Waals surface area contributed by atoms with Crippen molar-refractivity contribution in [3.05, 3.63) is 54.2 Å². The molecule has 4 nitrogen and oxygen atoms in total. The van der Waals surface area contributed by atoms with Gasteiger partial charge >= 0.3 is 0 Å². The predicted octanol–water partition coefficient (Wildman–Crippen LogP) is 2.71. The van der Waals surface area contributed by atoms with Crippen LogP contribution in [0.25, 0.3) is 6.08 Å². The van der Waals surface area contributed by atoms with Crippen LogP contribution in [0, 0.1) is 0 Å². The van der Waals surface area contributed by atoms with Crippen LogP contribution in [0.5, 0.6) is 5.75 Å². The lowest BCUT2D eigenvalue weighted by atomic mass is 10.2. The van der Waals surface area contributed by atoms with Crippen LogP contribution in [0.3, 0.4) is 0 Å². The summed E-state index contributed by atoms with van der Waals surface area (Å²) in [6.07, 6.45) is 6.70. The molecule has 0 aliphatic carbocycles. The highest BCUT2D eigenvalue weighted by Gasteiger charge is 1.99. The molecule has 0 bridgehead atoms. The molecule has 0 aliphatic rings. The molecule has 0 unspecified atom stereocenters. The van der Waals surface area contributed by atoms with Gasteiger partial charge in [-0.1, -0.05) is 12.1 Å². The van der Waals surface area contributed by atoms with E-state index in [0.717, 1.165) is 16.4 Å². The number of aromatic nitrogens is 2. The van der Waals surface area contributed by atoms with Crippen molar-refractivity contribution in [1.82, 2.24) is 9.97 Å². The molecule has 0 saturated heterocycles. The summed E-state index contributed by atoms with van der Waals surface area (Å²) in [4.78, 5) is 9.41. The monoisotopic (exact) mass is 273 g/mol. The van der Waals surface area contributed by atoms with E-state index in [0.29, 0.717) is 5.82 Å². The summed E-state index contributed by atoms with van der Waals surface area (Å²) in [5.74, 6) is 2.37. The van der Waals surface area contributed by atoms with Gasteiger partial charge in [-0.3, -0.25) is 0 Å². The number of ether oxygens (including phenoxy) is 1. The molecule has 0 atom stereocenters. The molecular weight excluding hydrogens is 258 g/mol. The summed E-state index contributed by atoms with van der Waals surface area (Å²) in [7, 11) is 1.67. The van der Waals surface area contributed by atoms with Crippen LogP contribution < -0.4 is 10.5 Å². The average molecular weight is 273 g/mol. The van der Waals surface area contributed by atoms with E-state index in [-0.39, 0.29) is 0 Å². The number of thioether (sulfide) groups is 1. The third-order valence-electron chi connectivity index (χ3n) is 2.46. The normalized spacial score (nSPS) is 10.8. The van der Waals surface area contributed by atoms with E-state index in [2.05, 4.69) is 22.1 Å². The number of methoxy groups -OCH3 is 1. The van der Waals surface area contributed by atoms with Gasteiger partial charge < -0.3 is 10.5 Å². The van der Waals surface area contributed by atoms with Crippen molar-refractivity contribution in [2.45, 2.75) is 10.6 Å². The van der Waals surface area contributed by atoms with Crippen LogP contribution in [0.1, 0.15) is 11.4 Å². The van der Waals surface area contributed by atoms with Gasteiger partial charge in [0.05, 0.1) is 7.11 Å². The van der Waals surface area contributed by atoms with Gasteiger partial charge in [0.25, 0.3) is 0 Å². The molecule has 1 heterocycles. The molecular formula is C14H15N3OS. The van der Waals surface area contributed by atoms with Crippen LogP contribution in [-0.4, -0.2) is 17.1 Å². The zero-order valence-corrected chi connectivity index (χ0v) is 11.4. The summed E-state index contributed by atoms with van der Waals surface area (Å²) >= 11 is 1.69. The van der Waals surface area contributed by atoms with E-state index in [9.17, 15) is 0 Å². The fraction of sp³-hybridized carbons (Fsp3) is 0.143. The molecule has 0 saturated carbocycles. The van der Waals surface area contributed by atoms with Gasteiger partial charge in [-0.2, -0.15) is 0 Å². The summed E-state index contributed by atoms with van der Waals surface area (Å²) < 4.78 is 5.12. The lowest BCUT2D eigenvalue weighted by Gasteiger charge is -2.03. The Morgan fingerprint density at radius 2 is 1.89 bits per heavy atom. The van der Waals surface area contributed by atoms with Crippen LogP contribution in [0.4, 0.5) is 0 Å². The van der Waals surface area contributed by atoms with Crippen molar-refractivity contribution in [2.24, 2.45) is 5.73 Å². The predicted molar refractivity (Wildman–Crippen MR) is 77.8 cm³/mol. The van der Waals surface area contributed by atoms with E-state index in [4.69, 9.17) is 10.5 Å². The first-order valence-electron chi connectivity index (χ1n) is 5.78. The van der Waals surface area contributed by atoms with Crippen LogP contribution in [-0.2, 0) is 5.75 Å². The average Bonchev–Trinajstić information content (AvgIpc) is 2.47. The second-order valence-corrected chi connectivity index (χ2v) is 4.82. The summed E-state index contributed by atoms with van der Waals surface area (Å²) in [5.41, 5.74) is 6.51. The van der Waals surface area contributed by atoms with Gasteiger partial charge in [0.2, 0.25) is 0 Å². The number of hydrogen-bond donors (Lipinski definition) is 1. The van der Waals surface area contributed by atoms with Gasteiger partial charge in [-0.25, -0.2) is 9.97 Å². The van der Waals surface area contributed by atoms with Gasteiger partial charge in [0.15, 0.2) is 5.82 Å². The molecule has 0 fully saturated rings. The molecule has 2 aromatic rings. The number of benzene rings is 1. The van der Waals surface area contributed by atoms with Crippen molar-refractivity contribution in [1.29, 1.82) is 0 Å². The minimum Gasteiger partial charge on any atom is -0.497 e. The first-order chi connectivity index (χ1) is 9.31. The third kappa shape index (κ3) is 3.99. The fourth-order valence-corrected chi connectivity index (χ4v) is 2.24. The maximum Gasteiger partial charge on any atom is 0.153 e. The van der Waals surface area contributed by atoms with E-state index in [1.165, 1.54) is 11.8 Å². The number of hydrogen-bond acceptors (Lipinski definition) is 5. The Morgan fingerprint density at radius 1 is 1.21 bits per heavy atom. The second-order valence-electron chi connectivity index (χ2n) is 3.77. The Hall–Kier alpha value is -2.01. The maximum atomic E-state index is 5.28. The van der Waals surface area contributed by atoms with Crippen molar-refractivity contribution in [2.75, 3.05) is 7.11 Å². The van der Waals surface area contributed by atoms with Crippen molar-refractivity contribution in [3.8, 4) is 5.75 Å². The molecule has 19 heavy (non-hydrogen) atoms. The lowest BCUT2D eigenvalue weighted by Crippen LogP contribution is -1.89. The Bertz CT molecular complexity index is 538. The first kappa shape index (κ1) is 13.4. The maximum absolute atomic E-state index is 5.28. The van der Waals surface area contributed by atoms with Crippen molar-refractivity contribution < 1.29 is 4.74 Å². The van der Waals surface area contributed by atoms with Gasteiger partial charge in [0.1, 0.15) is 5.75 Å². The second kappa shape index (κ2) is 6.80. The number of nitrogens with zero attached hydrogens (tertiary/aromatic N) is 2. The van der Waals surface area contributed by atoms with Gasteiger partial charge in [0, 0.05) is 23.0 Å².